The van der Waals surface area contributed by atoms with Gasteiger partial charge in [0.05, 0.1) is 4.90 Å². The Labute approximate surface area is 133 Å². The lowest BCUT2D eigenvalue weighted by atomic mass is 10.2. The first kappa shape index (κ1) is 16.5. The van der Waals surface area contributed by atoms with E-state index in [1.54, 1.807) is 36.9 Å². The molecular weight excluding hydrogens is 356 g/mol. The van der Waals surface area contributed by atoms with E-state index in [2.05, 4.69) is 20.7 Å². The van der Waals surface area contributed by atoms with Gasteiger partial charge in [-0.05, 0) is 38.0 Å². The molecule has 1 amide bonds. The van der Waals surface area contributed by atoms with Gasteiger partial charge in [-0.15, -0.1) is 0 Å². The molecule has 1 atom stereocenters. The van der Waals surface area contributed by atoms with Gasteiger partial charge < -0.3 is 4.90 Å². The summed E-state index contributed by atoms with van der Waals surface area (Å²) in [5.74, 6) is 0.0969. The van der Waals surface area contributed by atoms with Crippen molar-refractivity contribution in [3.8, 4) is 0 Å². The highest BCUT2D eigenvalue weighted by Crippen LogP contribution is 2.21. The fourth-order valence-electron chi connectivity index (χ4n) is 2.46. The maximum atomic E-state index is 12.4. The van der Waals surface area contributed by atoms with Gasteiger partial charge in [-0.1, -0.05) is 22.0 Å². The highest BCUT2D eigenvalue weighted by molar-refractivity contribution is 9.10. The number of amides is 1. The molecule has 1 saturated heterocycles. The quantitative estimate of drug-likeness (QED) is 0.857. The highest BCUT2D eigenvalue weighted by Gasteiger charge is 2.25. The van der Waals surface area contributed by atoms with Crippen LogP contribution in [-0.2, 0) is 14.8 Å². The number of halogens is 1. The highest BCUT2D eigenvalue weighted by atomic mass is 79.9. The second kappa shape index (κ2) is 6.46. The molecular formula is C14H19BrN2O3S. The van der Waals surface area contributed by atoms with E-state index in [4.69, 9.17) is 0 Å². The van der Waals surface area contributed by atoms with Crippen LogP contribution < -0.4 is 4.72 Å². The number of hydrogen-bond acceptors (Lipinski definition) is 3. The van der Waals surface area contributed by atoms with Crippen LogP contribution in [0.1, 0.15) is 25.3 Å². The van der Waals surface area contributed by atoms with Gasteiger partial charge in [0, 0.05) is 30.0 Å². The maximum Gasteiger partial charge on any atom is 0.241 e. The lowest BCUT2D eigenvalue weighted by molar-refractivity contribution is -0.127. The zero-order chi connectivity index (χ0) is 15.6. The van der Waals surface area contributed by atoms with Crippen molar-refractivity contribution in [1.82, 2.24) is 9.62 Å². The van der Waals surface area contributed by atoms with E-state index >= 15 is 0 Å². The van der Waals surface area contributed by atoms with Crippen LogP contribution >= 0.6 is 15.9 Å². The van der Waals surface area contributed by atoms with E-state index in [0.717, 1.165) is 10.9 Å². The standard InChI is InChI=1S/C14H19BrN2O3S/c1-10-5-6-12(15)8-13(10)21(19,20)16-11(2)9-17-7-3-4-14(17)18/h5-6,8,11,16H,3-4,7,9H2,1-2H3. The number of likely N-dealkylation sites (tertiary alicyclic amines) is 1. The monoisotopic (exact) mass is 374 g/mol. The molecule has 0 saturated carbocycles. The van der Waals surface area contributed by atoms with Crippen LogP contribution in [0.2, 0.25) is 0 Å². The number of rotatable bonds is 5. The molecule has 0 spiro atoms. The SMILES string of the molecule is Cc1ccc(Br)cc1S(=O)(=O)NC(C)CN1CCCC1=O. The normalized spacial score (nSPS) is 17.3. The van der Waals surface area contributed by atoms with E-state index in [-0.39, 0.29) is 16.8 Å². The van der Waals surface area contributed by atoms with Crippen LogP contribution in [0.5, 0.6) is 0 Å². The Balaban J connectivity index is 2.09. The predicted molar refractivity (Wildman–Crippen MR) is 84.5 cm³/mol. The third-order valence-electron chi connectivity index (χ3n) is 3.46. The van der Waals surface area contributed by atoms with Crippen molar-refractivity contribution in [3.05, 3.63) is 28.2 Å². The van der Waals surface area contributed by atoms with Gasteiger partial charge in [-0.25, -0.2) is 13.1 Å². The van der Waals surface area contributed by atoms with Crippen LogP contribution in [0, 0.1) is 6.92 Å². The number of hydrogen-bond donors (Lipinski definition) is 1. The van der Waals surface area contributed by atoms with E-state index in [9.17, 15) is 13.2 Å². The third-order valence-corrected chi connectivity index (χ3v) is 5.69. The summed E-state index contributed by atoms with van der Waals surface area (Å²) >= 11 is 3.29. The molecule has 21 heavy (non-hydrogen) atoms. The zero-order valence-corrected chi connectivity index (χ0v) is 14.5. The van der Waals surface area contributed by atoms with Gasteiger partial charge in [0.2, 0.25) is 15.9 Å². The average Bonchev–Trinajstić information content (AvgIpc) is 2.77. The number of sulfonamides is 1. The van der Waals surface area contributed by atoms with Crippen molar-refractivity contribution >= 4 is 31.9 Å². The Morgan fingerprint density at radius 1 is 1.43 bits per heavy atom. The van der Waals surface area contributed by atoms with Gasteiger partial charge in [-0.2, -0.15) is 0 Å². The minimum atomic E-state index is -3.59. The first-order valence-electron chi connectivity index (χ1n) is 6.86. The fraction of sp³-hybridized carbons (Fsp3) is 0.500. The van der Waals surface area contributed by atoms with Crippen LogP contribution in [0.15, 0.2) is 27.6 Å². The van der Waals surface area contributed by atoms with Crippen molar-refractivity contribution < 1.29 is 13.2 Å². The molecule has 116 valence electrons. The van der Waals surface area contributed by atoms with Crippen LogP contribution in [-0.4, -0.2) is 38.4 Å². The van der Waals surface area contributed by atoms with E-state index in [0.29, 0.717) is 25.1 Å². The van der Waals surface area contributed by atoms with Gasteiger partial charge in [0.25, 0.3) is 0 Å². The molecule has 0 bridgehead atoms. The predicted octanol–water partition coefficient (Wildman–Crippen LogP) is 2.05. The molecule has 0 aliphatic carbocycles. The van der Waals surface area contributed by atoms with Gasteiger partial charge in [0.1, 0.15) is 0 Å². The lowest BCUT2D eigenvalue weighted by Gasteiger charge is -2.22. The number of benzene rings is 1. The summed E-state index contributed by atoms with van der Waals surface area (Å²) in [6.45, 7) is 4.65. The van der Waals surface area contributed by atoms with Crippen LogP contribution in [0.25, 0.3) is 0 Å². The molecule has 2 rings (SSSR count). The van der Waals surface area contributed by atoms with Crippen LogP contribution in [0.3, 0.4) is 0 Å². The number of nitrogens with zero attached hydrogens (tertiary/aromatic N) is 1. The molecule has 7 heteroatoms. The van der Waals surface area contributed by atoms with E-state index in [1.165, 1.54) is 0 Å². The van der Waals surface area contributed by atoms with Crippen LogP contribution in [0.4, 0.5) is 0 Å². The molecule has 1 fully saturated rings. The van der Waals surface area contributed by atoms with Crippen molar-refractivity contribution in [2.75, 3.05) is 13.1 Å². The molecule has 1 aromatic carbocycles. The number of aryl methyl sites for hydroxylation is 1. The Morgan fingerprint density at radius 3 is 2.76 bits per heavy atom. The van der Waals surface area contributed by atoms with Gasteiger partial charge in [-0.3, -0.25) is 4.79 Å². The lowest BCUT2D eigenvalue weighted by Crippen LogP contribution is -2.42. The third kappa shape index (κ3) is 4.05. The second-order valence-corrected chi connectivity index (χ2v) is 7.97. The summed E-state index contributed by atoms with van der Waals surface area (Å²) in [4.78, 5) is 13.6. The Bertz CT molecular complexity index is 646. The summed E-state index contributed by atoms with van der Waals surface area (Å²) in [5.41, 5.74) is 0.690. The molecule has 1 aliphatic rings. The Morgan fingerprint density at radius 2 is 2.14 bits per heavy atom. The molecule has 0 radical (unpaired) electrons. The smallest absolute Gasteiger partial charge is 0.241 e. The largest absolute Gasteiger partial charge is 0.341 e. The zero-order valence-electron chi connectivity index (χ0n) is 12.1. The average molecular weight is 375 g/mol. The summed E-state index contributed by atoms with van der Waals surface area (Å²) in [6.07, 6.45) is 1.41. The Kier molecular flexibility index (Phi) is 5.06. The number of carbonyl (C=O) groups excluding carboxylic acids is 1. The second-order valence-electron chi connectivity index (χ2n) is 5.38. The summed E-state index contributed by atoms with van der Waals surface area (Å²) in [6, 6.07) is 4.83. The van der Waals surface area contributed by atoms with Crippen molar-refractivity contribution in [3.63, 3.8) is 0 Å². The van der Waals surface area contributed by atoms with Crippen molar-refractivity contribution in [2.24, 2.45) is 0 Å². The number of carbonyl (C=O) groups is 1. The summed E-state index contributed by atoms with van der Waals surface area (Å²) in [5, 5.41) is 0. The first-order chi connectivity index (χ1) is 9.79. The topological polar surface area (TPSA) is 66.5 Å². The molecule has 1 heterocycles. The first-order valence-corrected chi connectivity index (χ1v) is 9.13. The molecule has 1 N–H and O–H groups in total. The Hall–Kier alpha value is -0.920. The number of nitrogens with one attached hydrogen (secondary N) is 1. The van der Waals surface area contributed by atoms with E-state index < -0.39 is 10.0 Å². The molecule has 1 aromatic rings. The van der Waals surface area contributed by atoms with Crippen molar-refractivity contribution in [2.45, 2.75) is 37.6 Å². The molecule has 5 nitrogen and oxygen atoms in total. The van der Waals surface area contributed by atoms with Gasteiger partial charge in [0.15, 0.2) is 0 Å². The van der Waals surface area contributed by atoms with E-state index in [1.807, 2.05) is 0 Å². The maximum absolute atomic E-state index is 12.4. The fourth-order valence-corrected chi connectivity index (χ4v) is 4.47. The molecule has 1 aliphatic heterocycles. The minimum Gasteiger partial charge on any atom is -0.341 e. The molecule has 1 unspecified atom stereocenters. The summed E-state index contributed by atoms with van der Waals surface area (Å²) in [7, 11) is -3.59. The minimum absolute atomic E-state index is 0.0969. The van der Waals surface area contributed by atoms with Crippen molar-refractivity contribution in [1.29, 1.82) is 0 Å². The van der Waals surface area contributed by atoms with Gasteiger partial charge >= 0.3 is 0 Å². The molecule has 0 aromatic heterocycles. The summed E-state index contributed by atoms with van der Waals surface area (Å²) < 4.78 is 28.2.